The third kappa shape index (κ3) is 5.61. The largest absolute Gasteiger partial charge is 0.454 e. The van der Waals surface area contributed by atoms with E-state index in [0.29, 0.717) is 36.1 Å². The van der Waals surface area contributed by atoms with E-state index in [-0.39, 0.29) is 25.0 Å². The maximum Gasteiger partial charge on any atom is 0.387 e. The molecule has 28 heavy (non-hydrogen) atoms. The molecule has 0 saturated carbocycles. The second kappa shape index (κ2) is 9.43. The lowest BCUT2D eigenvalue weighted by atomic mass is 9.92. The molecule has 0 saturated heterocycles. The Morgan fingerprint density at radius 3 is 2.54 bits per heavy atom. The number of benzene rings is 1. The van der Waals surface area contributed by atoms with Gasteiger partial charge in [0.25, 0.3) is 0 Å². The molecule has 1 heterocycles. The predicted octanol–water partition coefficient (Wildman–Crippen LogP) is 1.84. The van der Waals surface area contributed by atoms with Gasteiger partial charge in [0.2, 0.25) is 12.7 Å². The quantitative estimate of drug-likeness (QED) is 0.456. The second-order valence-electron chi connectivity index (χ2n) is 6.71. The number of rotatable bonds is 8. The Balaban J connectivity index is 2.02. The van der Waals surface area contributed by atoms with Gasteiger partial charge in [-0.05, 0) is 26.8 Å². The molecule has 3 N–H and O–H groups in total. The maximum atomic E-state index is 12.7. The van der Waals surface area contributed by atoms with Gasteiger partial charge in [-0.3, -0.25) is 9.79 Å². The second-order valence-corrected chi connectivity index (χ2v) is 6.71. The van der Waals surface area contributed by atoms with Crippen molar-refractivity contribution in [2.75, 3.05) is 26.9 Å². The molecule has 0 atom stereocenters. The number of amides is 1. The first kappa shape index (κ1) is 21.5. The average Bonchev–Trinajstić information content (AvgIpc) is 3.08. The molecule has 1 aromatic rings. The average molecular weight is 400 g/mol. The van der Waals surface area contributed by atoms with Crippen LogP contribution in [0.25, 0.3) is 0 Å². The SMILES string of the molecule is CCNC(=O)C(C)(C)CNC(=NC)NCc1cc2c(cc1OC(F)F)OCO2. The van der Waals surface area contributed by atoms with Crippen LogP contribution in [-0.4, -0.2) is 45.4 Å². The number of carbonyl (C=O) groups excluding carboxylic acids is 1. The van der Waals surface area contributed by atoms with Crippen molar-refractivity contribution in [3.05, 3.63) is 17.7 Å². The van der Waals surface area contributed by atoms with E-state index < -0.39 is 12.0 Å². The van der Waals surface area contributed by atoms with Crippen LogP contribution in [0.4, 0.5) is 8.78 Å². The topological polar surface area (TPSA) is 93.2 Å². The molecule has 0 radical (unpaired) electrons. The molecule has 2 rings (SSSR count). The third-order valence-electron chi connectivity index (χ3n) is 4.09. The van der Waals surface area contributed by atoms with E-state index in [1.165, 1.54) is 6.07 Å². The predicted molar refractivity (Wildman–Crippen MR) is 99.9 cm³/mol. The van der Waals surface area contributed by atoms with E-state index in [1.54, 1.807) is 13.1 Å². The minimum absolute atomic E-state index is 0.00939. The minimum atomic E-state index is -2.96. The Bertz CT molecular complexity index is 726. The van der Waals surface area contributed by atoms with Crippen LogP contribution in [0.1, 0.15) is 26.3 Å². The molecule has 1 aliphatic heterocycles. The summed E-state index contributed by atoms with van der Waals surface area (Å²) in [4.78, 5) is 16.2. The lowest BCUT2D eigenvalue weighted by Gasteiger charge is -2.25. The normalized spacial score (nSPS) is 13.5. The first-order chi connectivity index (χ1) is 13.3. The molecule has 0 unspecified atom stereocenters. The fourth-order valence-corrected chi connectivity index (χ4v) is 2.49. The van der Waals surface area contributed by atoms with Gasteiger partial charge in [0, 0.05) is 38.3 Å². The van der Waals surface area contributed by atoms with Gasteiger partial charge in [-0.2, -0.15) is 8.78 Å². The molecule has 0 spiro atoms. The number of hydrogen-bond acceptors (Lipinski definition) is 5. The van der Waals surface area contributed by atoms with Crippen molar-refractivity contribution in [1.82, 2.24) is 16.0 Å². The zero-order valence-electron chi connectivity index (χ0n) is 16.4. The van der Waals surface area contributed by atoms with Gasteiger partial charge in [-0.15, -0.1) is 0 Å². The Labute approximate surface area is 162 Å². The third-order valence-corrected chi connectivity index (χ3v) is 4.09. The number of fused-ring (bicyclic) bond motifs is 1. The maximum absolute atomic E-state index is 12.7. The number of carbonyl (C=O) groups is 1. The Hall–Kier alpha value is -2.78. The van der Waals surface area contributed by atoms with E-state index in [1.807, 2.05) is 20.8 Å². The van der Waals surface area contributed by atoms with Crippen LogP contribution in [0.2, 0.25) is 0 Å². The van der Waals surface area contributed by atoms with Crippen LogP contribution in [0, 0.1) is 5.41 Å². The molecular formula is C18H26F2N4O4. The summed E-state index contributed by atoms with van der Waals surface area (Å²) in [5.74, 6) is 1.13. The van der Waals surface area contributed by atoms with Gasteiger partial charge >= 0.3 is 6.61 Å². The van der Waals surface area contributed by atoms with E-state index in [2.05, 4.69) is 25.7 Å². The van der Waals surface area contributed by atoms with Crippen molar-refractivity contribution in [1.29, 1.82) is 0 Å². The zero-order chi connectivity index (χ0) is 20.7. The number of ether oxygens (including phenoxy) is 3. The van der Waals surface area contributed by atoms with Gasteiger partial charge in [-0.1, -0.05) is 0 Å². The fraction of sp³-hybridized carbons (Fsp3) is 0.556. The van der Waals surface area contributed by atoms with E-state index in [4.69, 9.17) is 9.47 Å². The summed E-state index contributed by atoms with van der Waals surface area (Å²) in [5.41, 5.74) is -0.202. The number of alkyl halides is 2. The van der Waals surface area contributed by atoms with Gasteiger partial charge in [-0.25, -0.2) is 0 Å². The van der Waals surface area contributed by atoms with Crippen molar-refractivity contribution < 1.29 is 27.8 Å². The Kier molecular flexibility index (Phi) is 7.24. The molecule has 0 fully saturated rings. The monoisotopic (exact) mass is 400 g/mol. The van der Waals surface area contributed by atoms with Crippen LogP contribution >= 0.6 is 0 Å². The van der Waals surface area contributed by atoms with Crippen molar-refractivity contribution in [2.45, 2.75) is 33.9 Å². The van der Waals surface area contributed by atoms with E-state index >= 15 is 0 Å². The van der Waals surface area contributed by atoms with Crippen molar-refractivity contribution in [3.8, 4) is 17.2 Å². The molecule has 8 nitrogen and oxygen atoms in total. The standard InChI is InChI=1S/C18H26F2N4O4/c1-5-22-15(25)18(2,3)9-24-17(21-4)23-8-11-6-13-14(27-10-26-13)7-12(11)28-16(19)20/h6-7,16H,5,8-10H2,1-4H3,(H,22,25)(H2,21,23,24). The summed E-state index contributed by atoms with van der Waals surface area (Å²) < 4.78 is 40.5. The summed E-state index contributed by atoms with van der Waals surface area (Å²) in [7, 11) is 1.57. The molecule has 1 aliphatic rings. The molecule has 0 aromatic heterocycles. The first-order valence-corrected chi connectivity index (χ1v) is 8.87. The van der Waals surface area contributed by atoms with Crippen LogP contribution in [0.15, 0.2) is 17.1 Å². The first-order valence-electron chi connectivity index (χ1n) is 8.87. The Morgan fingerprint density at radius 1 is 1.25 bits per heavy atom. The van der Waals surface area contributed by atoms with Crippen molar-refractivity contribution >= 4 is 11.9 Å². The number of aliphatic imine (C=N–C) groups is 1. The minimum Gasteiger partial charge on any atom is -0.454 e. The molecule has 1 aromatic carbocycles. The smallest absolute Gasteiger partial charge is 0.387 e. The number of halogens is 2. The summed E-state index contributed by atoms with van der Waals surface area (Å²) in [6.45, 7) is 3.57. The van der Waals surface area contributed by atoms with Gasteiger partial charge < -0.3 is 30.2 Å². The number of nitrogens with zero attached hydrogens (tertiary/aromatic N) is 1. The molecule has 0 bridgehead atoms. The highest BCUT2D eigenvalue weighted by Gasteiger charge is 2.27. The van der Waals surface area contributed by atoms with Crippen LogP contribution in [0.3, 0.4) is 0 Å². The van der Waals surface area contributed by atoms with Crippen molar-refractivity contribution in [3.63, 3.8) is 0 Å². The van der Waals surface area contributed by atoms with Gasteiger partial charge in [0.1, 0.15) is 5.75 Å². The Morgan fingerprint density at radius 2 is 1.93 bits per heavy atom. The summed E-state index contributed by atoms with van der Waals surface area (Å²) in [5, 5.41) is 8.87. The molecule has 10 heteroatoms. The zero-order valence-corrected chi connectivity index (χ0v) is 16.4. The van der Waals surface area contributed by atoms with E-state index in [9.17, 15) is 13.6 Å². The number of guanidine groups is 1. The summed E-state index contributed by atoms with van der Waals surface area (Å²) in [6.07, 6.45) is 0. The van der Waals surface area contributed by atoms with Crippen LogP contribution < -0.4 is 30.2 Å². The van der Waals surface area contributed by atoms with Crippen molar-refractivity contribution in [2.24, 2.45) is 10.4 Å². The van der Waals surface area contributed by atoms with Crippen LogP contribution in [-0.2, 0) is 11.3 Å². The van der Waals surface area contributed by atoms with Crippen LogP contribution in [0.5, 0.6) is 17.2 Å². The number of hydrogen-bond donors (Lipinski definition) is 3. The molecular weight excluding hydrogens is 374 g/mol. The lowest BCUT2D eigenvalue weighted by molar-refractivity contribution is -0.128. The summed E-state index contributed by atoms with van der Waals surface area (Å²) in [6, 6.07) is 2.96. The molecule has 0 aliphatic carbocycles. The van der Waals surface area contributed by atoms with E-state index in [0.717, 1.165) is 0 Å². The highest BCUT2D eigenvalue weighted by Crippen LogP contribution is 2.38. The summed E-state index contributed by atoms with van der Waals surface area (Å²) >= 11 is 0. The lowest BCUT2D eigenvalue weighted by Crippen LogP contribution is -2.47. The fourth-order valence-electron chi connectivity index (χ4n) is 2.49. The van der Waals surface area contributed by atoms with Gasteiger partial charge in [0.15, 0.2) is 17.5 Å². The highest BCUT2D eigenvalue weighted by atomic mass is 19.3. The number of nitrogens with one attached hydrogen (secondary N) is 3. The molecule has 156 valence electrons. The molecule has 1 amide bonds. The van der Waals surface area contributed by atoms with Gasteiger partial charge in [0.05, 0.1) is 5.41 Å². The highest BCUT2D eigenvalue weighted by molar-refractivity contribution is 5.84.